The van der Waals surface area contributed by atoms with Crippen LogP contribution in [0.5, 0.6) is 0 Å². The smallest absolute Gasteiger partial charge is 0.226 e. The maximum Gasteiger partial charge on any atom is 0.226 e. The molecular weight excluding hydrogens is 224 g/mol. The van der Waals surface area contributed by atoms with Crippen molar-refractivity contribution >= 4 is 5.91 Å². The number of amides is 1. The van der Waals surface area contributed by atoms with Crippen molar-refractivity contribution in [2.45, 2.75) is 46.0 Å². The first kappa shape index (κ1) is 15.2. The SMILES string of the molecule is CCC=CCCCN1CCCC(C)(C(=O)NC)C1. The molecule has 1 N–H and O–H groups in total. The number of nitrogens with zero attached hydrogens (tertiary/aromatic N) is 1. The van der Waals surface area contributed by atoms with Crippen LogP contribution in [0.4, 0.5) is 0 Å². The molecule has 104 valence electrons. The predicted octanol–water partition coefficient (Wildman–Crippen LogP) is 2.58. The fourth-order valence-corrected chi connectivity index (χ4v) is 2.74. The number of carbonyl (C=O) groups is 1. The summed E-state index contributed by atoms with van der Waals surface area (Å²) in [7, 11) is 1.74. The summed E-state index contributed by atoms with van der Waals surface area (Å²) in [6.45, 7) is 7.42. The molecule has 1 rings (SSSR count). The zero-order valence-electron chi connectivity index (χ0n) is 12.2. The first-order valence-electron chi connectivity index (χ1n) is 7.22. The van der Waals surface area contributed by atoms with Crippen molar-refractivity contribution in [2.75, 3.05) is 26.7 Å². The Bertz CT molecular complexity index is 288. The highest BCUT2D eigenvalue weighted by Crippen LogP contribution is 2.29. The molecule has 1 amide bonds. The molecule has 0 bridgehead atoms. The third-order valence-corrected chi connectivity index (χ3v) is 3.80. The lowest BCUT2D eigenvalue weighted by Crippen LogP contribution is -2.49. The van der Waals surface area contributed by atoms with Gasteiger partial charge in [0.15, 0.2) is 0 Å². The second-order valence-electron chi connectivity index (χ2n) is 5.54. The van der Waals surface area contributed by atoms with Gasteiger partial charge in [-0.15, -0.1) is 0 Å². The summed E-state index contributed by atoms with van der Waals surface area (Å²) in [6.07, 6.45) is 10.1. The lowest BCUT2D eigenvalue weighted by Gasteiger charge is -2.39. The first-order chi connectivity index (χ1) is 8.62. The molecule has 0 aromatic rings. The summed E-state index contributed by atoms with van der Waals surface area (Å²) in [6, 6.07) is 0. The van der Waals surface area contributed by atoms with E-state index in [0.717, 1.165) is 45.3 Å². The standard InChI is InChI=1S/C15H28N2O/c1-4-5-6-7-8-11-17-12-9-10-15(2,13-17)14(18)16-3/h5-6H,4,7-13H2,1-3H3,(H,16,18). The Morgan fingerprint density at radius 2 is 2.22 bits per heavy atom. The van der Waals surface area contributed by atoms with Crippen LogP contribution < -0.4 is 5.32 Å². The number of carbonyl (C=O) groups excluding carboxylic acids is 1. The second kappa shape index (κ2) is 7.57. The summed E-state index contributed by atoms with van der Waals surface area (Å²) in [4.78, 5) is 14.3. The normalized spacial score (nSPS) is 25.5. The molecule has 0 saturated carbocycles. The highest BCUT2D eigenvalue weighted by atomic mass is 16.2. The first-order valence-corrected chi connectivity index (χ1v) is 7.22. The molecule has 1 aliphatic heterocycles. The van der Waals surface area contributed by atoms with E-state index in [-0.39, 0.29) is 11.3 Å². The van der Waals surface area contributed by atoms with Gasteiger partial charge in [-0.2, -0.15) is 0 Å². The maximum absolute atomic E-state index is 11.9. The summed E-state index contributed by atoms with van der Waals surface area (Å²) in [5, 5.41) is 2.80. The van der Waals surface area contributed by atoms with E-state index in [1.807, 2.05) is 0 Å². The molecule has 3 nitrogen and oxygen atoms in total. The van der Waals surface area contributed by atoms with E-state index >= 15 is 0 Å². The van der Waals surface area contributed by atoms with Gasteiger partial charge in [0, 0.05) is 13.6 Å². The molecule has 1 aliphatic rings. The van der Waals surface area contributed by atoms with Gasteiger partial charge in [-0.25, -0.2) is 0 Å². The van der Waals surface area contributed by atoms with Gasteiger partial charge in [0.2, 0.25) is 5.91 Å². The number of nitrogens with one attached hydrogen (secondary N) is 1. The molecular formula is C15H28N2O. The van der Waals surface area contributed by atoms with Crippen LogP contribution in [0.25, 0.3) is 0 Å². The Labute approximate surface area is 112 Å². The van der Waals surface area contributed by atoms with Crippen molar-refractivity contribution < 1.29 is 4.79 Å². The number of allylic oxidation sites excluding steroid dienone is 2. The quantitative estimate of drug-likeness (QED) is 0.582. The van der Waals surface area contributed by atoms with Crippen LogP contribution >= 0.6 is 0 Å². The molecule has 1 atom stereocenters. The Balaban J connectivity index is 2.35. The molecule has 0 aromatic carbocycles. The lowest BCUT2D eigenvalue weighted by atomic mass is 9.81. The number of hydrogen-bond acceptors (Lipinski definition) is 2. The zero-order valence-corrected chi connectivity index (χ0v) is 12.2. The van der Waals surface area contributed by atoms with Gasteiger partial charge in [-0.05, 0) is 52.1 Å². The Morgan fingerprint density at radius 1 is 1.44 bits per heavy atom. The molecule has 18 heavy (non-hydrogen) atoms. The average molecular weight is 252 g/mol. The van der Waals surface area contributed by atoms with Gasteiger partial charge in [-0.3, -0.25) is 4.79 Å². The van der Waals surface area contributed by atoms with Crippen LogP contribution in [-0.4, -0.2) is 37.5 Å². The van der Waals surface area contributed by atoms with E-state index < -0.39 is 0 Å². The number of hydrogen-bond donors (Lipinski definition) is 1. The van der Waals surface area contributed by atoms with Crippen molar-refractivity contribution in [1.29, 1.82) is 0 Å². The second-order valence-corrected chi connectivity index (χ2v) is 5.54. The van der Waals surface area contributed by atoms with Crippen LogP contribution in [0.3, 0.4) is 0 Å². The summed E-state index contributed by atoms with van der Waals surface area (Å²) < 4.78 is 0. The third-order valence-electron chi connectivity index (χ3n) is 3.80. The van der Waals surface area contributed by atoms with Gasteiger partial charge >= 0.3 is 0 Å². The predicted molar refractivity (Wildman–Crippen MR) is 76.5 cm³/mol. The van der Waals surface area contributed by atoms with Gasteiger partial charge < -0.3 is 10.2 Å². The molecule has 1 fully saturated rings. The summed E-state index contributed by atoms with van der Waals surface area (Å²) in [5.74, 6) is 0.193. The topological polar surface area (TPSA) is 32.3 Å². The minimum atomic E-state index is -0.188. The van der Waals surface area contributed by atoms with E-state index in [0.29, 0.717) is 0 Å². The van der Waals surface area contributed by atoms with E-state index in [4.69, 9.17) is 0 Å². The number of piperidine rings is 1. The van der Waals surface area contributed by atoms with E-state index in [9.17, 15) is 4.79 Å². The number of likely N-dealkylation sites (tertiary alicyclic amines) is 1. The van der Waals surface area contributed by atoms with Crippen molar-refractivity contribution in [2.24, 2.45) is 5.41 Å². The van der Waals surface area contributed by atoms with Crippen LogP contribution in [0.1, 0.15) is 46.0 Å². The van der Waals surface area contributed by atoms with Crippen LogP contribution in [0.15, 0.2) is 12.2 Å². The fraction of sp³-hybridized carbons (Fsp3) is 0.800. The van der Waals surface area contributed by atoms with Crippen molar-refractivity contribution in [3.63, 3.8) is 0 Å². The molecule has 0 aliphatic carbocycles. The minimum Gasteiger partial charge on any atom is -0.359 e. The molecule has 0 spiro atoms. The fourth-order valence-electron chi connectivity index (χ4n) is 2.74. The number of unbranched alkanes of at least 4 members (excludes halogenated alkanes) is 1. The minimum absolute atomic E-state index is 0.188. The van der Waals surface area contributed by atoms with Gasteiger partial charge in [0.05, 0.1) is 5.41 Å². The van der Waals surface area contributed by atoms with Gasteiger partial charge in [0.1, 0.15) is 0 Å². The van der Waals surface area contributed by atoms with Gasteiger partial charge in [0.25, 0.3) is 0 Å². The van der Waals surface area contributed by atoms with Crippen LogP contribution in [0.2, 0.25) is 0 Å². The van der Waals surface area contributed by atoms with Crippen molar-refractivity contribution in [1.82, 2.24) is 10.2 Å². The Kier molecular flexibility index (Phi) is 6.41. The van der Waals surface area contributed by atoms with E-state index in [2.05, 4.69) is 36.2 Å². The maximum atomic E-state index is 11.9. The average Bonchev–Trinajstić information content (AvgIpc) is 2.37. The highest BCUT2D eigenvalue weighted by molar-refractivity contribution is 5.82. The Hall–Kier alpha value is -0.830. The molecule has 1 saturated heterocycles. The van der Waals surface area contributed by atoms with Crippen LogP contribution in [0, 0.1) is 5.41 Å². The van der Waals surface area contributed by atoms with Gasteiger partial charge in [-0.1, -0.05) is 19.1 Å². The highest BCUT2D eigenvalue weighted by Gasteiger charge is 2.36. The Morgan fingerprint density at radius 3 is 2.89 bits per heavy atom. The summed E-state index contributed by atoms with van der Waals surface area (Å²) >= 11 is 0. The molecule has 0 aromatic heterocycles. The van der Waals surface area contributed by atoms with E-state index in [1.54, 1.807) is 7.05 Å². The largest absolute Gasteiger partial charge is 0.359 e. The molecule has 1 unspecified atom stereocenters. The monoisotopic (exact) mass is 252 g/mol. The zero-order chi connectivity index (χ0) is 13.4. The molecule has 3 heteroatoms. The molecule has 0 radical (unpaired) electrons. The number of rotatable bonds is 6. The molecule has 1 heterocycles. The van der Waals surface area contributed by atoms with Crippen LogP contribution in [-0.2, 0) is 4.79 Å². The van der Waals surface area contributed by atoms with Crippen molar-refractivity contribution in [3.8, 4) is 0 Å². The van der Waals surface area contributed by atoms with E-state index in [1.165, 1.54) is 6.42 Å². The van der Waals surface area contributed by atoms with Crippen molar-refractivity contribution in [3.05, 3.63) is 12.2 Å². The summed E-state index contributed by atoms with van der Waals surface area (Å²) in [5.41, 5.74) is -0.188. The third kappa shape index (κ3) is 4.45. The lowest BCUT2D eigenvalue weighted by molar-refractivity contribution is -0.132.